The van der Waals surface area contributed by atoms with Crippen molar-refractivity contribution >= 4 is 16.5 Å². The van der Waals surface area contributed by atoms with Gasteiger partial charge in [0.15, 0.2) is 5.13 Å². The molecule has 0 atom stereocenters. The molecule has 0 spiro atoms. The van der Waals surface area contributed by atoms with E-state index in [1.54, 1.807) is 11.3 Å². The molecule has 1 aromatic heterocycles. The van der Waals surface area contributed by atoms with E-state index in [0.717, 1.165) is 37.4 Å². The van der Waals surface area contributed by atoms with Crippen LogP contribution in [0.5, 0.6) is 0 Å². The normalized spacial score (nSPS) is 15.6. The van der Waals surface area contributed by atoms with E-state index in [-0.39, 0.29) is 5.54 Å². The van der Waals surface area contributed by atoms with E-state index in [1.165, 1.54) is 17.7 Å². The van der Waals surface area contributed by atoms with Gasteiger partial charge in [-0.15, -0.1) is 11.3 Å². The van der Waals surface area contributed by atoms with Gasteiger partial charge in [-0.25, -0.2) is 4.98 Å². The molecule has 20 heavy (non-hydrogen) atoms. The van der Waals surface area contributed by atoms with Gasteiger partial charge in [-0.05, 0) is 39.5 Å². The highest BCUT2D eigenvalue weighted by Crippen LogP contribution is 2.28. The Bertz CT molecular complexity index is 409. The summed E-state index contributed by atoms with van der Waals surface area (Å²) in [6.45, 7) is 10.1. The van der Waals surface area contributed by atoms with E-state index in [4.69, 9.17) is 4.74 Å². The zero-order valence-corrected chi connectivity index (χ0v) is 13.9. The molecule has 114 valence electrons. The minimum atomic E-state index is 0.146. The lowest BCUT2D eigenvalue weighted by Gasteiger charge is -2.19. The maximum atomic E-state index is 5.67. The molecule has 0 aromatic carbocycles. The van der Waals surface area contributed by atoms with Crippen LogP contribution in [0, 0.1) is 5.92 Å². The summed E-state index contributed by atoms with van der Waals surface area (Å²) in [7, 11) is 2.08. The van der Waals surface area contributed by atoms with Crippen LogP contribution in [0.1, 0.15) is 38.5 Å². The smallest absolute Gasteiger partial charge is 0.185 e. The average Bonchev–Trinajstić information content (AvgIpc) is 3.06. The standard InChI is InChI=1S/C15H27N3OS/c1-15(2,3)17-10-13-9-16-14(20-13)18(4)7-8-19-11-12-5-6-12/h9,12,17H,5-8,10-11H2,1-4H3. The fourth-order valence-electron chi connectivity index (χ4n) is 1.74. The van der Waals surface area contributed by atoms with Crippen molar-refractivity contribution < 1.29 is 4.74 Å². The van der Waals surface area contributed by atoms with Gasteiger partial charge in [0.25, 0.3) is 0 Å². The highest BCUT2D eigenvalue weighted by Gasteiger charge is 2.21. The summed E-state index contributed by atoms with van der Waals surface area (Å²) in [5.74, 6) is 0.843. The summed E-state index contributed by atoms with van der Waals surface area (Å²) in [5.41, 5.74) is 0.146. The van der Waals surface area contributed by atoms with Crippen LogP contribution in [0.25, 0.3) is 0 Å². The molecule has 1 aliphatic rings. The molecule has 0 aliphatic heterocycles. The fourth-order valence-corrected chi connectivity index (χ4v) is 2.58. The molecular formula is C15H27N3OS. The minimum Gasteiger partial charge on any atom is -0.379 e. The molecule has 0 bridgehead atoms. The molecular weight excluding hydrogens is 270 g/mol. The number of anilines is 1. The Morgan fingerprint density at radius 1 is 1.45 bits per heavy atom. The third-order valence-electron chi connectivity index (χ3n) is 3.28. The zero-order valence-electron chi connectivity index (χ0n) is 13.1. The molecule has 1 saturated carbocycles. The van der Waals surface area contributed by atoms with Crippen LogP contribution in [0.3, 0.4) is 0 Å². The van der Waals surface area contributed by atoms with Crippen molar-refractivity contribution in [2.24, 2.45) is 5.92 Å². The van der Waals surface area contributed by atoms with Gasteiger partial charge < -0.3 is 15.0 Å². The monoisotopic (exact) mass is 297 g/mol. The van der Waals surface area contributed by atoms with Gasteiger partial charge in [0.05, 0.1) is 6.61 Å². The Kier molecular flexibility index (Phi) is 5.41. The molecule has 0 radical (unpaired) electrons. The van der Waals surface area contributed by atoms with E-state index in [1.807, 2.05) is 6.20 Å². The molecule has 0 saturated heterocycles. The van der Waals surface area contributed by atoms with Gasteiger partial charge in [0, 0.05) is 43.4 Å². The average molecular weight is 297 g/mol. The summed E-state index contributed by atoms with van der Waals surface area (Å²) in [6, 6.07) is 0. The molecule has 1 N–H and O–H groups in total. The second-order valence-electron chi connectivity index (χ2n) is 6.65. The first-order valence-corrected chi connectivity index (χ1v) is 8.24. The summed E-state index contributed by atoms with van der Waals surface area (Å²) in [4.78, 5) is 7.95. The SMILES string of the molecule is CN(CCOCC1CC1)c1ncc(CNC(C)(C)C)s1. The number of nitrogens with one attached hydrogen (secondary N) is 1. The predicted molar refractivity (Wildman–Crippen MR) is 85.5 cm³/mol. The van der Waals surface area contributed by atoms with Gasteiger partial charge >= 0.3 is 0 Å². The van der Waals surface area contributed by atoms with Crippen LogP contribution in [-0.2, 0) is 11.3 Å². The van der Waals surface area contributed by atoms with Gasteiger partial charge in [-0.3, -0.25) is 0 Å². The second-order valence-corrected chi connectivity index (χ2v) is 7.75. The number of hydrogen-bond acceptors (Lipinski definition) is 5. The van der Waals surface area contributed by atoms with Crippen LogP contribution < -0.4 is 10.2 Å². The van der Waals surface area contributed by atoms with E-state index in [9.17, 15) is 0 Å². The highest BCUT2D eigenvalue weighted by atomic mass is 32.1. The summed E-state index contributed by atoms with van der Waals surface area (Å²) in [5, 5.41) is 4.56. The van der Waals surface area contributed by atoms with Gasteiger partial charge in [-0.1, -0.05) is 0 Å². The number of rotatable bonds is 8. The van der Waals surface area contributed by atoms with Crippen LogP contribution in [0.15, 0.2) is 6.20 Å². The number of likely N-dealkylation sites (N-methyl/N-ethyl adjacent to an activating group) is 1. The van der Waals surface area contributed by atoms with E-state index < -0.39 is 0 Å². The van der Waals surface area contributed by atoms with Crippen molar-refractivity contribution in [1.29, 1.82) is 0 Å². The number of aromatic nitrogens is 1. The third kappa shape index (κ3) is 5.77. The molecule has 1 fully saturated rings. The second kappa shape index (κ2) is 6.87. The number of ether oxygens (including phenoxy) is 1. The molecule has 0 unspecified atom stereocenters. The van der Waals surface area contributed by atoms with Crippen molar-refractivity contribution in [3.05, 3.63) is 11.1 Å². The van der Waals surface area contributed by atoms with Crippen molar-refractivity contribution in [3.8, 4) is 0 Å². The van der Waals surface area contributed by atoms with E-state index >= 15 is 0 Å². The molecule has 5 heteroatoms. The molecule has 1 aromatic rings. The highest BCUT2D eigenvalue weighted by molar-refractivity contribution is 7.15. The Labute approximate surface area is 126 Å². The maximum Gasteiger partial charge on any atom is 0.185 e. The third-order valence-corrected chi connectivity index (χ3v) is 4.39. The maximum absolute atomic E-state index is 5.67. The Morgan fingerprint density at radius 2 is 2.20 bits per heavy atom. The first-order valence-electron chi connectivity index (χ1n) is 7.42. The first-order chi connectivity index (χ1) is 9.44. The number of thiazole rings is 1. The fraction of sp³-hybridized carbons (Fsp3) is 0.800. The summed E-state index contributed by atoms with van der Waals surface area (Å²) in [6.07, 6.45) is 4.68. The lowest BCUT2D eigenvalue weighted by atomic mass is 10.1. The van der Waals surface area contributed by atoms with Crippen molar-refractivity contribution in [2.45, 2.75) is 45.7 Å². The van der Waals surface area contributed by atoms with Gasteiger partial charge in [0.2, 0.25) is 0 Å². The van der Waals surface area contributed by atoms with E-state index in [2.05, 4.69) is 43.0 Å². The Morgan fingerprint density at radius 3 is 2.85 bits per heavy atom. The lowest BCUT2D eigenvalue weighted by molar-refractivity contribution is 0.131. The number of hydrogen-bond donors (Lipinski definition) is 1. The van der Waals surface area contributed by atoms with Gasteiger partial charge in [-0.2, -0.15) is 0 Å². The molecule has 1 heterocycles. The van der Waals surface area contributed by atoms with Crippen LogP contribution in [-0.4, -0.2) is 37.3 Å². The quantitative estimate of drug-likeness (QED) is 0.749. The van der Waals surface area contributed by atoms with Crippen LogP contribution >= 0.6 is 11.3 Å². The molecule has 0 amide bonds. The molecule has 4 nitrogen and oxygen atoms in total. The molecule has 2 rings (SSSR count). The van der Waals surface area contributed by atoms with Crippen LogP contribution in [0.4, 0.5) is 5.13 Å². The topological polar surface area (TPSA) is 37.4 Å². The molecule has 1 aliphatic carbocycles. The van der Waals surface area contributed by atoms with Crippen molar-refractivity contribution in [2.75, 3.05) is 31.7 Å². The Balaban J connectivity index is 1.69. The lowest BCUT2D eigenvalue weighted by Crippen LogP contribution is -2.34. The van der Waals surface area contributed by atoms with Crippen LogP contribution in [0.2, 0.25) is 0 Å². The zero-order chi connectivity index (χ0) is 14.6. The predicted octanol–water partition coefficient (Wildman–Crippen LogP) is 2.89. The minimum absolute atomic E-state index is 0.146. The number of nitrogens with zero attached hydrogens (tertiary/aromatic N) is 2. The first kappa shape index (κ1) is 15.7. The summed E-state index contributed by atoms with van der Waals surface area (Å²) < 4.78 is 5.67. The van der Waals surface area contributed by atoms with Crippen molar-refractivity contribution in [1.82, 2.24) is 10.3 Å². The van der Waals surface area contributed by atoms with E-state index in [0.29, 0.717) is 0 Å². The summed E-state index contributed by atoms with van der Waals surface area (Å²) >= 11 is 1.76. The van der Waals surface area contributed by atoms with Crippen molar-refractivity contribution in [3.63, 3.8) is 0 Å². The Hall–Kier alpha value is -0.650. The largest absolute Gasteiger partial charge is 0.379 e. The van der Waals surface area contributed by atoms with Gasteiger partial charge in [0.1, 0.15) is 0 Å².